The number of nitrogens with zero attached hydrogens (tertiary/aromatic N) is 1. The van der Waals surface area contributed by atoms with E-state index in [-0.39, 0.29) is 0 Å². The lowest BCUT2D eigenvalue weighted by molar-refractivity contribution is 0.355. The maximum atomic E-state index is 8.60. The second-order valence-electron chi connectivity index (χ2n) is 5.60. The van der Waals surface area contributed by atoms with Gasteiger partial charge in [-0.05, 0) is 42.7 Å². The zero-order valence-corrected chi connectivity index (χ0v) is 13.5. The van der Waals surface area contributed by atoms with Gasteiger partial charge in [-0.1, -0.05) is 69.7 Å². The van der Waals surface area contributed by atoms with Crippen molar-refractivity contribution in [2.24, 2.45) is 11.8 Å². The number of allylic oxidation sites excluding steroid dienone is 4. The van der Waals surface area contributed by atoms with Crippen LogP contribution < -0.4 is 0 Å². The van der Waals surface area contributed by atoms with Crippen molar-refractivity contribution in [1.82, 2.24) is 0 Å². The molecule has 1 nitrogen and oxygen atoms in total. The maximum Gasteiger partial charge on any atom is 0.0994 e. The zero-order chi connectivity index (χ0) is 15.5. The highest BCUT2D eigenvalue weighted by atomic mass is 14.2. The lowest BCUT2D eigenvalue weighted by atomic mass is 9.87. The molecule has 1 aliphatic carbocycles. The number of aryl methyl sites for hydroxylation is 1. The first-order valence-electron chi connectivity index (χ1n) is 8.02. The van der Waals surface area contributed by atoms with Gasteiger partial charge in [0.25, 0.3) is 0 Å². The number of hydrogen-bond donors (Lipinski definition) is 0. The zero-order valence-electron chi connectivity index (χ0n) is 13.5. The van der Waals surface area contributed by atoms with Crippen molar-refractivity contribution in [3.05, 3.63) is 59.7 Å². The van der Waals surface area contributed by atoms with E-state index in [0.717, 1.165) is 29.4 Å². The van der Waals surface area contributed by atoms with Crippen LogP contribution in [0, 0.1) is 23.2 Å². The largest absolute Gasteiger partial charge is 0.192 e. The highest BCUT2D eigenvalue weighted by molar-refractivity contribution is 5.37. The smallest absolute Gasteiger partial charge is 0.0994 e. The molecule has 1 aliphatic rings. The van der Waals surface area contributed by atoms with E-state index in [1.54, 1.807) is 0 Å². The predicted octanol–water partition coefficient (Wildman–Crippen LogP) is 5.68. The molecule has 1 unspecified atom stereocenters. The SMILES string of the molecule is CCC(C)C1CC=CC=CC1.CCc1ccccc1C#N. The summed E-state index contributed by atoms with van der Waals surface area (Å²) < 4.78 is 0. The molecule has 0 amide bonds. The molecule has 1 heteroatoms. The van der Waals surface area contributed by atoms with E-state index in [1.807, 2.05) is 24.3 Å². The van der Waals surface area contributed by atoms with Crippen molar-refractivity contribution in [1.29, 1.82) is 5.26 Å². The number of hydrogen-bond acceptors (Lipinski definition) is 1. The summed E-state index contributed by atoms with van der Waals surface area (Å²) in [7, 11) is 0. The van der Waals surface area contributed by atoms with Crippen molar-refractivity contribution in [3.63, 3.8) is 0 Å². The Hall–Kier alpha value is -1.81. The molecule has 0 radical (unpaired) electrons. The van der Waals surface area contributed by atoms with E-state index < -0.39 is 0 Å². The summed E-state index contributed by atoms with van der Waals surface area (Å²) in [6, 6.07) is 9.82. The molecule has 0 fully saturated rings. The lowest BCUT2D eigenvalue weighted by Crippen LogP contribution is -2.08. The van der Waals surface area contributed by atoms with E-state index in [0.29, 0.717) is 0 Å². The highest BCUT2D eigenvalue weighted by Crippen LogP contribution is 2.24. The van der Waals surface area contributed by atoms with Crippen molar-refractivity contribution in [2.45, 2.75) is 46.5 Å². The third-order valence-electron chi connectivity index (χ3n) is 4.23. The minimum atomic E-state index is 0.796. The Morgan fingerprint density at radius 2 is 1.76 bits per heavy atom. The predicted molar refractivity (Wildman–Crippen MR) is 91.0 cm³/mol. The second-order valence-corrected chi connectivity index (χ2v) is 5.60. The molecule has 0 aromatic heterocycles. The molecule has 0 saturated heterocycles. The van der Waals surface area contributed by atoms with Crippen LogP contribution in [0.3, 0.4) is 0 Å². The Morgan fingerprint density at radius 1 is 1.14 bits per heavy atom. The van der Waals surface area contributed by atoms with Crippen molar-refractivity contribution < 1.29 is 0 Å². The van der Waals surface area contributed by atoms with Crippen LogP contribution in [0.1, 0.15) is 51.2 Å². The minimum absolute atomic E-state index is 0.796. The molecule has 0 N–H and O–H groups in total. The van der Waals surface area contributed by atoms with Crippen LogP contribution >= 0.6 is 0 Å². The normalized spacial score (nSPS) is 15.5. The first kappa shape index (κ1) is 17.2. The molecular formula is C20H27N. The second kappa shape index (κ2) is 10.00. The van der Waals surface area contributed by atoms with Gasteiger partial charge in [-0.25, -0.2) is 0 Å². The summed E-state index contributed by atoms with van der Waals surface area (Å²) in [5, 5.41) is 8.60. The molecule has 1 aromatic carbocycles. The van der Waals surface area contributed by atoms with Crippen LogP contribution in [0.5, 0.6) is 0 Å². The lowest BCUT2D eigenvalue weighted by Gasteiger charge is -2.18. The molecule has 0 aliphatic heterocycles. The van der Waals surface area contributed by atoms with Crippen LogP contribution in [-0.4, -0.2) is 0 Å². The molecule has 1 atom stereocenters. The Balaban J connectivity index is 0.000000211. The van der Waals surface area contributed by atoms with Crippen LogP contribution in [0.2, 0.25) is 0 Å². The van der Waals surface area contributed by atoms with Crippen LogP contribution in [0.15, 0.2) is 48.6 Å². The maximum absolute atomic E-state index is 8.60. The van der Waals surface area contributed by atoms with Gasteiger partial charge in [-0.3, -0.25) is 0 Å². The molecule has 2 rings (SSSR count). The van der Waals surface area contributed by atoms with E-state index in [9.17, 15) is 0 Å². The Kier molecular flexibility index (Phi) is 8.21. The summed E-state index contributed by atoms with van der Waals surface area (Å²) in [5.41, 5.74) is 1.93. The van der Waals surface area contributed by atoms with Gasteiger partial charge in [0, 0.05) is 0 Å². The summed E-state index contributed by atoms with van der Waals surface area (Å²) >= 11 is 0. The first-order chi connectivity index (χ1) is 10.2. The van der Waals surface area contributed by atoms with Crippen LogP contribution in [-0.2, 0) is 6.42 Å². The molecule has 0 bridgehead atoms. The number of benzene rings is 1. The van der Waals surface area contributed by atoms with Crippen molar-refractivity contribution in [3.8, 4) is 6.07 Å². The van der Waals surface area contributed by atoms with Gasteiger partial charge in [0.05, 0.1) is 11.6 Å². The molecule has 0 saturated carbocycles. The first-order valence-corrected chi connectivity index (χ1v) is 8.02. The van der Waals surface area contributed by atoms with E-state index >= 15 is 0 Å². The number of rotatable bonds is 3. The monoisotopic (exact) mass is 281 g/mol. The van der Waals surface area contributed by atoms with Crippen molar-refractivity contribution in [2.75, 3.05) is 0 Å². The standard InChI is InChI=1S/C11H18.C9H9N/c1-3-10(2)11-8-6-4-5-7-9-11;1-2-8-5-3-4-6-9(8)7-10/h4-7,10-11H,3,8-9H2,1-2H3;3-6H,2H2,1H3. The number of nitriles is 1. The minimum Gasteiger partial charge on any atom is -0.192 e. The molecular weight excluding hydrogens is 254 g/mol. The van der Waals surface area contributed by atoms with Gasteiger partial charge in [-0.2, -0.15) is 5.26 Å². The Morgan fingerprint density at radius 3 is 2.24 bits per heavy atom. The van der Waals surface area contributed by atoms with E-state index in [2.05, 4.69) is 51.1 Å². The van der Waals surface area contributed by atoms with Gasteiger partial charge >= 0.3 is 0 Å². The van der Waals surface area contributed by atoms with Gasteiger partial charge in [0.1, 0.15) is 0 Å². The van der Waals surface area contributed by atoms with E-state index in [4.69, 9.17) is 5.26 Å². The average Bonchev–Trinajstić information content (AvgIpc) is 2.83. The van der Waals surface area contributed by atoms with Gasteiger partial charge < -0.3 is 0 Å². The molecule has 112 valence electrons. The molecule has 1 aromatic rings. The van der Waals surface area contributed by atoms with E-state index in [1.165, 1.54) is 19.3 Å². The summed E-state index contributed by atoms with van der Waals surface area (Å²) in [6.07, 6.45) is 13.7. The molecule has 0 heterocycles. The summed E-state index contributed by atoms with van der Waals surface area (Å²) in [5.74, 6) is 1.76. The third kappa shape index (κ3) is 6.00. The quantitative estimate of drug-likeness (QED) is 0.699. The summed E-state index contributed by atoms with van der Waals surface area (Å²) in [6.45, 7) is 6.69. The molecule has 0 spiro atoms. The third-order valence-corrected chi connectivity index (χ3v) is 4.23. The van der Waals surface area contributed by atoms with Crippen LogP contribution in [0.25, 0.3) is 0 Å². The average molecular weight is 281 g/mol. The fourth-order valence-corrected chi connectivity index (χ4v) is 2.50. The van der Waals surface area contributed by atoms with Gasteiger partial charge in [-0.15, -0.1) is 0 Å². The topological polar surface area (TPSA) is 23.8 Å². The Labute approximate surface area is 130 Å². The Bertz CT molecular complexity index is 491. The fourth-order valence-electron chi connectivity index (χ4n) is 2.50. The van der Waals surface area contributed by atoms with Crippen molar-refractivity contribution >= 4 is 0 Å². The fraction of sp³-hybridized carbons (Fsp3) is 0.450. The summed E-state index contributed by atoms with van der Waals surface area (Å²) in [4.78, 5) is 0. The van der Waals surface area contributed by atoms with Crippen LogP contribution in [0.4, 0.5) is 0 Å². The highest BCUT2D eigenvalue weighted by Gasteiger charge is 2.13. The van der Waals surface area contributed by atoms with Gasteiger partial charge in [0.2, 0.25) is 0 Å². The van der Waals surface area contributed by atoms with Gasteiger partial charge in [0.15, 0.2) is 0 Å². The molecule has 21 heavy (non-hydrogen) atoms.